The van der Waals surface area contributed by atoms with Crippen LogP contribution in [0.1, 0.15) is 34.5 Å². The molecule has 1 aliphatic rings. The molecule has 0 aliphatic carbocycles. The first-order valence-electron chi connectivity index (χ1n) is 10.2. The number of aliphatic hydroxyl groups is 1. The fourth-order valence-corrected chi connectivity index (χ4v) is 3.93. The molecule has 1 unspecified atom stereocenters. The van der Waals surface area contributed by atoms with Gasteiger partial charge in [0.05, 0.1) is 12.3 Å². The average molecular weight is 408 g/mol. The second-order valence-corrected chi connectivity index (χ2v) is 7.55. The summed E-state index contributed by atoms with van der Waals surface area (Å²) in [5, 5.41) is 19.2. The van der Waals surface area contributed by atoms with Crippen molar-refractivity contribution in [2.45, 2.75) is 32.0 Å². The zero-order valence-electron chi connectivity index (χ0n) is 16.6. The first-order valence-corrected chi connectivity index (χ1v) is 10.2. The van der Waals surface area contributed by atoms with Crippen LogP contribution in [0.4, 0.5) is 4.39 Å². The van der Waals surface area contributed by atoms with E-state index in [9.17, 15) is 14.3 Å². The molecule has 3 N–H and O–H groups in total. The van der Waals surface area contributed by atoms with Crippen LogP contribution in [0.25, 0.3) is 11.3 Å². The molecule has 2 heterocycles. The summed E-state index contributed by atoms with van der Waals surface area (Å²) >= 11 is 0. The zero-order valence-corrected chi connectivity index (χ0v) is 16.6. The number of carbonyl (C=O) groups is 1. The lowest BCUT2D eigenvalue weighted by atomic mass is 10.1. The number of halogens is 1. The normalized spacial score (nSPS) is 16.7. The predicted octanol–water partition coefficient (Wildman–Crippen LogP) is 3.10. The Bertz CT molecular complexity index is 1020. The largest absolute Gasteiger partial charge is 0.395 e. The highest BCUT2D eigenvalue weighted by Crippen LogP contribution is 2.22. The van der Waals surface area contributed by atoms with E-state index in [1.165, 1.54) is 6.07 Å². The Hall–Kier alpha value is -3.03. The van der Waals surface area contributed by atoms with Gasteiger partial charge in [-0.3, -0.25) is 14.8 Å². The molecule has 6 nitrogen and oxygen atoms in total. The van der Waals surface area contributed by atoms with Crippen molar-refractivity contribution in [3.63, 3.8) is 0 Å². The van der Waals surface area contributed by atoms with Crippen molar-refractivity contribution in [3.05, 3.63) is 77.2 Å². The number of benzene rings is 2. The third kappa shape index (κ3) is 4.42. The van der Waals surface area contributed by atoms with Crippen LogP contribution < -0.4 is 5.32 Å². The third-order valence-electron chi connectivity index (χ3n) is 5.61. The maximum Gasteiger partial charge on any atom is 0.269 e. The number of aromatic amines is 1. The number of aromatic nitrogens is 2. The van der Waals surface area contributed by atoms with E-state index in [2.05, 4.69) is 26.5 Å². The minimum atomic E-state index is -0.381. The number of amides is 1. The Labute approximate surface area is 174 Å². The van der Waals surface area contributed by atoms with Gasteiger partial charge in [-0.1, -0.05) is 36.4 Å². The fraction of sp³-hybridized carbons (Fsp3) is 0.304. The van der Waals surface area contributed by atoms with Gasteiger partial charge >= 0.3 is 0 Å². The van der Waals surface area contributed by atoms with Gasteiger partial charge in [0.2, 0.25) is 0 Å². The molecule has 1 atom stereocenters. The second-order valence-electron chi connectivity index (χ2n) is 7.55. The van der Waals surface area contributed by atoms with E-state index < -0.39 is 0 Å². The molecule has 0 bridgehead atoms. The highest BCUT2D eigenvalue weighted by molar-refractivity contribution is 5.93. The van der Waals surface area contributed by atoms with Gasteiger partial charge in [-0.25, -0.2) is 4.39 Å². The minimum Gasteiger partial charge on any atom is -0.395 e. The molecular weight excluding hydrogens is 383 g/mol. The first-order chi connectivity index (χ1) is 14.7. The molecule has 0 saturated carbocycles. The molecule has 0 radical (unpaired) electrons. The summed E-state index contributed by atoms with van der Waals surface area (Å²) in [6.45, 7) is 2.27. The van der Waals surface area contributed by atoms with Crippen LogP contribution in [0.2, 0.25) is 0 Å². The number of H-pyrrole nitrogens is 1. The summed E-state index contributed by atoms with van der Waals surface area (Å²) in [5.41, 5.74) is 3.19. The van der Waals surface area contributed by atoms with Crippen LogP contribution in [0.3, 0.4) is 0 Å². The molecule has 156 valence electrons. The molecule has 1 aromatic heterocycles. The highest BCUT2D eigenvalue weighted by Gasteiger charge is 2.24. The summed E-state index contributed by atoms with van der Waals surface area (Å²) in [6.07, 6.45) is 2.11. The average Bonchev–Trinajstić information content (AvgIpc) is 3.43. The molecule has 7 heteroatoms. The summed E-state index contributed by atoms with van der Waals surface area (Å²) in [4.78, 5) is 14.9. The molecule has 1 saturated heterocycles. The molecule has 0 spiro atoms. The predicted molar refractivity (Wildman–Crippen MR) is 112 cm³/mol. The van der Waals surface area contributed by atoms with Crippen LogP contribution in [0.5, 0.6) is 0 Å². The lowest BCUT2D eigenvalue weighted by molar-refractivity contribution is 0.0945. The molecule has 30 heavy (non-hydrogen) atoms. The Morgan fingerprint density at radius 3 is 2.77 bits per heavy atom. The Kier molecular flexibility index (Phi) is 6.21. The summed E-state index contributed by atoms with van der Waals surface area (Å²) < 4.78 is 13.9. The van der Waals surface area contributed by atoms with Gasteiger partial charge < -0.3 is 10.4 Å². The summed E-state index contributed by atoms with van der Waals surface area (Å²) in [5.74, 6) is -0.678. The minimum absolute atomic E-state index is 0.170. The summed E-state index contributed by atoms with van der Waals surface area (Å²) in [7, 11) is 0. The third-order valence-corrected chi connectivity index (χ3v) is 5.61. The van der Waals surface area contributed by atoms with Gasteiger partial charge in [-0.05, 0) is 48.7 Å². The molecule has 1 amide bonds. The Balaban J connectivity index is 1.42. The first kappa shape index (κ1) is 20.3. The topological polar surface area (TPSA) is 81.2 Å². The zero-order chi connectivity index (χ0) is 20.9. The van der Waals surface area contributed by atoms with Gasteiger partial charge in [-0.2, -0.15) is 5.10 Å². The van der Waals surface area contributed by atoms with Crippen molar-refractivity contribution in [2.24, 2.45) is 0 Å². The number of aliphatic hydroxyl groups excluding tert-OH is 1. The standard InChI is InChI=1S/C23H25FN4O2/c24-20-10-4-3-9-19(20)21-12-22(27-26-21)23(30)25-13-16-6-1-2-7-17(16)14-28-11-5-8-18(28)15-29/h1-4,6-7,9-10,12,18,29H,5,8,11,13-15H2,(H,25,30)(H,26,27). The second kappa shape index (κ2) is 9.19. The van der Waals surface area contributed by atoms with Crippen LogP contribution in [0.15, 0.2) is 54.6 Å². The number of hydrogen-bond donors (Lipinski definition) is 3. The van der Waals surface area contributed by atoms with E-state index in [1.54, 1.807) is 24.3 Å². The summed E-state index contributed by atoms with van der Waals surface area (Å²) in [6, 6.07) is 16.1. The molecular formula is C23H25FN4O2. The van der Waals surface area contributed by atoms with Gasteiger partial charge in [-0.15, -0.1) is 0 Å². The fourth-order valence-electron chi connectivity index (χ4n) is 3.93. The van der Waals surface area contributed by atoms with Crippen molar-refractivity contribution < 1.29 is 14.3 Å². The molecule has 1 fully saturated rings. The van der Waals surface area contributed by atoms with Gasteiger partial charge in [0.25, 0.3) is 5.91 Å². The molecule has 3 aromatic rings. The van der Waals surface area contributed by atoms with E-state index >= 15 is 0 Å². The monoisotopic (exact) mass is 408 g/mol. The Morgan fingerprint density at radius 1 is 1.20 bits per heavy atom. The van der Waals surface area contributed by atoms with E-state index in [0.717, 1.165) is 37.1 Å². The molecule has 4 rings (SSSR count). The van der Waals surface area contributed by atoms with Crippen LogP contribution >= 0.6 is 0 Å². The lowest BCUT2D eigenvalue weighted by Gasteiger charge is -2.24. The van der Waals surface area contributed by atoms with Crippen molar-refractivity contribution in [3.8, 4) is 11.3 Å². The van der Waals surface area contributed by atoms with Crippen LogP contribution in [-0.4, -0.2) is 45.3 Å². The number of hydrogen-bond acceptors (Lipinski definition) is 4. The molecule has 1 aliphatic heterocycles. The SMILES string of the molecule is O=C(NCc1ccccc1CN1CCCC1CO)c1cc(-c2ccccc2F)n[nH]1. The van der Waals surface area contributed by atoms with E-state index in [0.29, 0.717) is 17.8 Å². The van der Waals surface area contributed by atoms with Gasteiger partial charge in [0.1, 0.15) is 11.5 Å². The smallest absolute Gasteiger partial charge is 0.269 e. The number of nitrogens with one attached hydrogen (secondary N) is 2. The van der Waals surface area contributed by atoms with Crippen LogP contribution in [-0.2, 0) is 13.1 Å². The van der Waals surface area contributed by atoms with E-state index in [4.69, 9.17) is 0 Å². The van der Waals surface area contributed by atoms with Gasteiger partial charge in [0.15, 0.2) is 0 Å². The maximum absolute atomic E-state index is 13.9. The number of rotatable bonds is 7. The Morgan fingerprint density at radius 2 is 1.97 bits per heavy atom. The quantitative estimate of drug-likeness (QED) is 0.561. The maximum atomic E-state index is 13.9. The highest BCUT2D eigenvalue weighted by atomic mass is 19.1. The van der Waals surface area contributed by atoms with E-state index in [1.807, 2.05) is 18.2 Å². The number of likely N-dealkylation sites (tertiary alicyclic amines) is 1. The van der Waals surface area contributed by atoms with Crippen molar-refractivity contribution in [1.29, 1.82) is 0 Å². The van der Waals surface area contributed by atoms with Crippen molar-refractivity contribution in [2.75, 3.05) is 13.2 Å². The van der Waals surface area contributed by atoms with Crippen molar-refractivity contribution in [1.82, 2.24) is 20.4 Å². The van der Waals surface area contributed by atoms with E-state index in [-0.39, 0.29) is 30.1 Å². The lowest BCUT2D eigenvalue weighted by Crippen LogP contribution is -2.32. The van der Waals surface area contributed by atoms with Gasteiger partial charge in [0, 0.05) is 24.7 Å². The number of nitrogens with zero attached hydrogens (tertiary/aromatic N) is 2. The van der Waals surface area contributed by atoms with Crippen molar-refractivity contribution >= 4 is 5.91 Å². The number of carbonyl (C=O) groups excluding carboxylic acids is 1. The molecule has 2 aromatic carbocycles. The van der Waals surface area contributed by atoms with Crippen LogP contribution in [0, 0.1) is 5.82 Å².